The third-order valence-corrected chi connectivity index (χ3v) is 3.63. The van der Waals surface area contributed by atoms with E-state index in [1.165, 1.54) is 6.34 Å². The van der Waals surface area contributed by atoms with Crippen molar-refractivity contribution in [2.75, 3.05) is 16.8 Å². The van der Waals surface area contributed by atoms with E-state index in [1.807, 2.05) is 61.5 Å². The van der Waals surface area contributed by atoms with Gasteiger partial charge in [-0.3, -0.25) is 0 Å². The number of aliphatic imine (C=N–C) groups is 1. The number of hydrogen-bond donors (Lipinski definition) is 3. The van der Waals surface area contributed by atoms with Crippen LogP contribution >= 0.6 is 0 Å². The molecule has 0 aliphatic rings. The lowest BCUT2D eigenvalue weighted by atomic mass is 10.1. The number of benzene rings is 2. The van der Waals surface area contributed by atoms with E-state index in [2.05, 4.69) is 15.3 Å². The molecule has 3 rings (SSSR count). The largest absolute Gasteiger partial charge is 0.437 e. The van der Waals surface area contributed by atoms with E-state index in [0.29, 0.717) is 34.4 Å². The Hall–Kier alpha value is -3.54. The molecule has 25 heavy (non-hydrogen) atoms. The highest BCUT2D eigenvalue weighted by molar-refractivity contribution is 5.85. The first-order chi connectivity index (χ1) is 12.1. The SMILES string of the molecule is Cc1ccc(N=CNc2cccnc2Oc2ccccc2)c(N)c1N. The predicted octanol–water partition coefficient (Wildman–Crippen LogP) is 4.12. The molecule has 6 heteroatoms. The molecule has 1 aromatic heterocycles. The lowest BCUT2D eigenvalue weighted by Gasteiger charge is -2.09. The zero-order valence-corrected chi connectivity index (χ0v) is 13.8. The minimum absolute atomic E-state index is 0.455. The van der Waals surface area contributed by atoms with Gasteiger partial charge in [-0.25, -0.2) is 9.98 Å². The molecule has 2 aromatic carbocycles. The molecular formula is C19H19N5O. The number of pyridine rings is 1. The van der Waals surface area contributed by atoms with E-state index in [9.17, 15) is 0 Å². The van der Waals surface area contributed by atoms with Gasteiger partial charge in [0.1, 0.15) is 11.4 Å². The summed E-state index contributed by atoms with van der Waals surface area (Å²) in [6.07, 6.45) is 3.20. The van der Waals surface area contributed by atoms with Crippen LogP contribution in [-0.2, 0) is 0 Å². The number of aryl methyl sites for hydroxylation is 1. The summed E-state index contributed by atoms with van der Waals surface area (Å²) in [5.41, 5.74) is 15.1. The monoisotopic (exact) mass is 333 g/mol. The van der Waals surface area contributed by atoms with Crippen molar-refractivity contribution in [2.45, 2.75) is 6.92 Å². The topological polar surface area (TPSA) is 98.5 Å². The summed E-state index contributed by atoms with van der Waals surface area (Å²) in [7, 11) is 0. The van der Waals surface area contributed by atoms with Crippen LogP contribution in [0.15, 0.2) is 65.8 Å². The average molecular weight is 333 g/mol. The minimum atomic E-state index is 0.455. The maximum atomic E-state index is 5.99. The van der Waals surface area contributed by atoms with Gasteiger partial charge < -0.3 is 21.5 Å². The van der Waals surface area contributed by atoms with Crippen molar-refractivity contribution in [2.24, 2.45) is 4.99 Å². The first-order valence-electron chi connectivity index (χ1n) is 7.76. The number of hydrogen-bond acceptors (Lipinski definition) is 5. The van der Waals surface area contributed by atoms with Gasteiger partial charge in [-0.15, -0.1) is 0 Å². The van der Waals surface area contributed by atoms with E-state index in [0.717, 1.165) is 5.56 Å². The van der Waals surface area contributed by atoms with Crippen molar-refractivity contribution in [1.29, 1.82) is 0 Å². The molecule has 0 aliphatic heterocycles. The van der Waals surface area contributed by atoms with Crippen LogP contribution in [-0.4, -0.2) is 11.3 Å². The smallest absolute Gasteiger partial charge is 0.243 e. The van der Waals surface area contributed by atoms with Crippen LogP contribution in [0.3, 0.4) is 0 Å². The Bertz CT molecular complexity index is 894. The summed E-state index contributed by atoms with van der Waals surface area (Å²) < 4.78 is 5.79. The van der Waals surface area contributed by atoms with Gasteiger partial charge in [-0.1, -0.05) is 24.3 Å². The molecule has 0 saturated heterocycles. The fourth-order valence-corrected chi connectivity index (χ4v) is 2.20. The van der Waals surface area contributed by atoms with Gasteiger partial charge >= 0.3 is 0 Å². The molecule has 5 N–H and O–H groups in total. The van der Waals surface area contributed by atoms with Crippen molar-refractivity contribution in [1.82, 2.24) is 4.98 Å². The van der Waals surface area contributed by atoms with Crippen LogP contribution < -0.4 is 21.5 Å². The number of aromatic nitrogens is 1. The third kappa shape index (κ3) is 3.87. The molecule has 0 bridgehead atoms. The molecule has 0 amide bonds. The summed E-state index contributed by atoms with van der Waals surface area (Å²) in [6.45, 7) is 1.90. The number of nitrogen functional groups attached to an aromatic ring is 2. The van der Waals surface area contributed by atoms with Crippen LogP contribution in [0.2, 0.25) is 0 Å². The second-order valence-electron chi connectivity index (χ2n) is 5.40. The molecule has 0 atom stereocenters. The quantitative estimate of drug-likeness (QED) is 0.370. The number of nitrogens with zero attached hydrogens (tertiary/aromatic N) is 2. The Labute approximate surface area is 146 Å². The van der Waals surface area contributed by atoms with Crippen LogP contribution in [0.5, 0.6) is 11.6 Å². The Morgan fingerprint density at radius 2 is 1.80 bits per heavy atom. The van der Waals surface area contributed by atoms with Crippen molar-refractivity contribution in [3.8, 4) is 11.6 Å². The Kier molecular flexibility index (Phi) is 4.80. The molecule has 3 aromatic rings. The highest BCUT2D eigenvalue weighted by Crippen LogP contribution is 2.30. The summed E-state index contributed by atoms with van der Waals surface area (Å²) in [5, 5.41) is 3.07. The second-order valence-corrected chi connectivity index (χ2v) is 5.40. The summed E-state index contributed by atoms with van der Waals surface area (Å²) in [5.74, 6) is 1.16. The molecule has 6 nitrogen and oxygen atoms in total. The van der Waals surface area contributed by atoms with Crippen LogP contribution in [0.1, 0.15) is 5.56 Å². The van der Waals surface area contributed by atoms with Gasteiger partial charge in [0, 0.05) is 6.20 Å². The van der Waals surface area contributed by atoms with Gasteiger partial charge in [-0.05, 0) is 42.8 Å². The number of rotatable bonds is 5. The lowest BCUT2D eigenvalue weighted by Crippen LogP contribution is -2.00. The molecule has 0 spiro atoms. The summed E-state index contributed by atoms with van der Waals surface area (Å²) >= 11 is 0. The first kappa shape index (κ1) is 16.3. The van der Waals surface area contributed by atoms with E-state index in [-0.39, 0.29) is 0 Å². The Balaban J connectivity index is 1.77. The van der Waals surface area contributed by atoms with Crippen molar-refractivity contribution in [3.05, 3.63) is 66.4 Å². The fraction of sp³-hybridized carbons (Fsp3) is 0.0526. The van der Waals surface area contributed by atoms with E-state index < -0.39 is 0 Å². The maximum Gasteiger partial charge on any atom is 0.243 e. The van der Waals surface area contributed by atoms with E-state index >= 15 is 0 Å². The zero-order valence-electron chi connectivity index (χ0n) is 13.8. The van der Waals surface area contributed by atoms with E-state index in [4.69, 9.17) is 16.2 Å². The Morgan fingerprint density at radius 3 is 2.60 bits per heavy atom. The van der Waals surface area contributed by atoms with Crippen molar-refractivity contribution < 1.29 is 4.74 Å². The first-order valence-corrected chi connectivity index (χ1v) is 7.76. The molecular weight excluding hydrogens is 314 g/mol. The van der Waals surface area contributed by atoms with Gasteiger partial charge in [0.25, 0.3) is 0 Å². The van der Waals surface area contributed by atoms with Crippen molar-refractivity contribution in [3.63, 3.8) is 0 Å². The van der Waals surface area contributed by atoms with Gasteiger partial charge in [0.2, 0.25) is 5.88 Å². The molecule has 0 radical (unpaired) electrons. The molecule has 0 aliphatic carbocycles. The molecule has 0 saturated carbocycles. The van der Waals surface area contributed by atoms with Gasteiger partial charge in [0.15, 0.2) is 0 Å². The van der Waals surface area contributed by atoms with Gasteiger partial charge in [0.05, 0.1) is 23.4 Å². The van der Waals surface area contributed by atoms with Crippen LogP contribution in [0.4, 0.5) is 22.7 Å². The number of para-hydroxylation sites is 1. The fourth-order valence-electron chi connectivity index (χ4n) is 2.20. The summed E-state index contributed by atoms with van der Waals surface area (Å²) in [4.78, 5) is 8.58. The maximum absolute atomic E-state index is 5.99. The molecule has 0 unspecified atom stereocenters. The van der Waals surface area contributed by atoms with Crippen LogP contribution in [0.25, 0.3) is 0 Å². The number of nitrogens with one attached hydrogen (secondary N) is 1. The second kappa shape index (κ2) is 7.35. The Morgan fingerprint density at radius 1 is 1.00 bits per heavy atom. The summed E-state index contributed by atoms with van der Waals surface area (Å²) in [6, 6.07) is 16.8. The lowest BCUT2D eigenvalue weighted by molar-refractivity contribution is 0.465. The normalized spacial score (nSPS) is 10.8. The van der Waals surface area contributed by atoms with Gasteiger partial charge in [-0.2, -0.15) is 0 Å². The third-order valence-electron chi connectivity index (χ3n) is 3.63. The minimum Gasteiger partial charge on any atom is -0.437 e. The predicted molar refractivity (Wildman–Crippen MR) is 103 cm³/mol. The molecule has 1 heterocycles. The average Bonchev–Trinajstić information content (AvgIpc) is 2.64. The number of anilines is 3. The molecule has 126 valence electrons. The molecule has 0 fully saturated rings. The highest BCUT2D eigenvalue weighted by Gasteiger charge is 2.06. The zero-order chi connectivity index (χ0) is 17.6. The van der Waals surface area contributed by atoms with Crippen LogP contribution in [0, 0.1) is 6.92 Å². The standard InChI is InChI=1S/C19H19N5O/c1-13-9-10-15(18(21)17(13)20)23-12-24-16-8-5-11-22-19(16)25-14-6-3-2-4-7-14/h2-12H,20-21H2,1H3,(H,23,24). The van der Waals surface area contributed by atoms with E-state index in [1.54, 1.807) is 6.20 Å². The highest BCUT2D eigenvalue weighted by atomic mass is 16.5. The number of ether oxygens (including phenoxy) is 1. The number of nitrogens with two attached hydrogens (primary N) is 2. The van der Waals surface area contributed by atoms with Crippen molar-refractivity contribution >= 4 is 29.1 Å².